The molecule has 0 atom stereocenters. The van der Waals surface area contributed by atoms with E-state index in [1.165, 1.54) is 0 Å². The second-order valence-electron chi connectivity index (χ2n) is 3.57. The lowest BCUT2D eigenvalue weighted by Gasteiger charge is -2.05. The number of rotatable bonds is 4. The molecule has 0 unspecified atom stereocenters. The summed E-state index contributed by atoms with van der Waals surface area (Å²) in [5.74, 6) is 0.877. The minimum absolute atomic E-state index is 0.560. The monoisotopic (exact) mass is 298 g/mol. The lowest BCUT2D eigenvalue weighted by atomic mass is 10.4. The number of anilines is 1. The molecule has 0 amide bonds. The zero-order valence-electron chi connectivity index (χ0n) is 9.78. The standard InChI is InChI=1S/C13H12Cl2N2S/c1-2-16-12-4-3-5-13(17-12)18-9-6-7-10(14)11(15)8-9/h3-8H,2H2,1H3,(H,16,17). The van der Waals surface area contributed by atoms with E-state index in [4.69, 9.17) is 23.2 Å². The Kier molecular flexibility index (Phi) is 4.75. The molecular weight excluding hydrogens is 287 g/mol. The Morgan fingerprint density at radius 1 is 1.17 bits per heavy atom. The van der Waals surface area contributed by atoms with Gasteiger partial charge >= 0.3 is 0 Å². The van der Waals surface area contributed by atoms with Crippen molar-refractivity contribution in [2.75, 3.05) is 11.9 Å². The van der Waals surface area contributed by atoms with Gasteiger partial charge in [0.1, 0.15) is 10.8 Å². The molecule has 0 saturated carbocycles. The summed E-state index contributed by atoms with van der Waals surface area (Å²) in [7, 11) is 0. The average Bonchev–Trinajstić information content (AvgIpc) is 2.35. The van der Waals surface area contributed by atoms with Crippen molar-refractivity contribution >= 4 is 40.8 Å². The van der Waals surface area contributed by atoms with Crippen LogP contribution in [-0.4, -0.2) is 11.5 Å². The highest BCUT2D eigenvalue weighted by Crippen LogP contribution is 2.31. The van der Waals surface area contributed by atoms with Gasteiger partial charge in [-0.1, -0.05) is 41.0 Å². The Bertz CT molecular complexity index is 546. The first-order chi connectivity index (χ1) is 8.69. The van der Waals surface area contributed by atoms with Crippen LogP contribution in [0.5, 0.6) is 0 Å². The molecule has 0 bridgehead atoms. The van der Waals surface area contributed by atoms with Crippen LogP contribution in [0.1, 0.15) is 6.92 Å². The third-order valence-electron chi connectivity index (χ3n) is 2.19. The third kappa shape index (κ3) is 3.55. The zero-order valence-corrected chi connectivity index (χ0v) is 12.1. The second kappa shape index (κ2) is 6.32. The van der Waals surface area contributed by atoms with Crippen LogP contribution in [0.2, 0.25) is 10.0 Å². The molecule has 0 radical (unpaired) electrons. The predicted molar refractivity (Wildman–Crippen MR) is 79.0 cm³/mol. The van der Waals surface area contributed by atoms with E-state index < -0.39 is 0 Å². The Morgan fingerprint density at radius 2 is 2.00 bits per heavy atom. The Balaban J connectivity index is 2.17. The van der Waals surface area contributed by atoms with Crippen molar-refractivity contribution in [3.05, 3.63) is 46.4 Å². The molecule has 1 heterocycles. The number of benzene rings is 1. The lowest BCUT2D eigenvalue weighted by molar-refractivity contribution is 1.08. The fourth-order valence-electron chi connectivity index (χ4n) is 1.41. The van der Waals surface area contributed by atoms with E-state index in [1.807, 2.05) is 37.3 Å². The van der Waals surface area contributed by atoms with E-state index in [1.54, 1.807) is 17.8 Å². The quantitative estimate of drug-likeness (QED) is 0.862. The largest absolute Gasteiger partial charge is 0.370 e. The Labute approximate surface area is 121 Å². The van der Waals surface area contributed by atoms with Gasteiger partial charge in [-0.25, -0.2) is 4.98 Å². The van der Waals surface area contributed by atoms with Crippen LogP contribution in [0.25, 0.3) is 0 Å². The predicted octanol–water partition coefficient (Wildman–Crippen LogP) is 4.97. The summed E-state index contributed by atoms with van der Waals surface area (Å²) in [6.07, 6.45) is 0. The SMILES string of the molecule is CCNc1cccc(Sc2ccc(Cl)c(Cl)c2)n1. The molecule has 0 saturated heterocycles. The van der Waals surface area contributed by atoms with Crippen LogP contribution in [-0.2, 0) is 0 Å². The fourth-order valence-corrected chi connectivity index (χ4v) is 2.62. The summed E-state index contributed by atoms with van der Waals surface area (Å²) in [4.78, 5) is 5.50. The molecule has 2 aromatic rings. The van der Waals surface area contributed by atoms with Gasteiger partial charge in [0.15, 0.2) is 0 Å². The molecule has 0 spiro atoms. The Hall–Kier alpha value is -0.900. The summed E-state index contributed by atoms with van der Waals surface area (Å²) < 4.78 is 0. The topological polar surface area (TPSA) is 24.9 Å². The first-order valence-corrected chi connectivity index (χ1v) is 7.10. The van der Waals surface area contributed by atoms with Crippen molar-refractivity contribution in [3.8, 4) is 0 Å². The van der Waals surface area contributed by atoms with Crippen molar-refractivity contribution in [3.63, 3.8) is 0 Å². The van der Waals surface area contributed by atoms with Gasteiger partial charge in [0.25, 0.3) is 0 Å². The zero-order chi connectivity index (χ0) is 13.0. The first-order valence-electron chi connectivity index (χ1n) is 5.53. The van der Waals surface area contributed by atoms with Crippen LogP contribution in [0, 0.1) is 0 Å². The van der Waals surface area contributed by atoms with Crippen LogP contribution in [0.3, 0.4) is 0 Å². The highest BCUT2D eigenvalue weighted by molar-refractivity contribution is 7.99. The van der Waals surface area contributed by atoms with Gasteiger partial charge in [0.2, 0.25) is 0 Å². The van der Waals surface area contributed by atoms with Gasteiger partial charge in [-0.3, -0.25) is 0 Å². The average molecular weight is 299 g/mol. The first kappa shape index (κ1) is 13.5. The number of pyridine rings is 1. The van der Waals surface area contributed by atoms with Gasteiger partial charge in [-0.05, 0) is 37.3 Å². The molecule has 1 aromatic heterocycles. The summed E-state index contributed by atoms with van der Waals surface area (Å²) in [6.45, 7) is 2.90. The highest BCUT2D eigenvalue weighted by Gasteiger charge is 2.03. The molecule has 2 rings (SSSR count). The van der Waals surface area contributed by atoms with E-state index in [-0.39, 0.29) is 0 Å². The molecule has 0 aliphatic carbocycles. The van der Waals surface area contributed by atoms with Crippen LogP contribution >= 0.6 is 35.0 Å². The Morgan fingerprint density at radius 3 is 2.72 bits per heavy atom. The van der Waals surface area contributed by atoms with Gasteiger partial charge < -0.3 is 5.32 Å². The molecular formula is C13H12Cl2N2S. The van der Waals surface area contributed by atoms with Gasteiger partial charge in [0, 0.05) is 11.4 Å². The normalized spacial score (nSPS) is 10.4. The van der Waals surface area contributed by atoms with Crippen molar-refractivity contribution in [2.45, 2.75) is 16.8 Å². The van der Waals surface area contributed by atoms with E-state index >= 15 is 0 Å². The fraction of sp³-hybridized carbons (Fsp3) is 0.154. The van der Waals surface area contributed by atoms with Crippen molar-refractivity contribution in [1.82, 2.24) is 4.98 Å². The minimum Gasteiger partial charge on any atom is -0.370 e. The number of aromatic nitrogens is 1. The highest BCUT2D eigenvalue weighted by atomic mass is 35.5. The number of nitrogens with one attached hydrogen (secondary N) is 1. The van der Waals surface area contributed by atoms with Crippen molar-refractivity contribution < 1.29 is 0 Å². The molecule has 0 fully saturated rings. The van der Waals surface area contributed by atoms with E-state index in [0.29, 0.717) is 10.0 Å². The van der Waals surface area contributed by atoms with Crippen LogP contribution in [0.15, 0.2) is 46.3 Å². The lowest BCUT2D eigenvalue weighted by Crippen LogP contribution is -1.98. The van der Waals surface area contributed by atoms with E-state index in [0.717, 1.165) is 22.3 Å². The smallest absolute Gasteiger partial charge is 0.127 e. The third-order valence-corrected chi connectivity index (χ3v) is 3.86. The number of halogens is 2. The summed E-state index contributed by atoms with van der Waals surface area (Å²) in [6, 6.07) is 11.5. The number of hydrogen-bond donors (Lipinski definition) is 1. The summed E-state index contributed by atoms with van der Waals surface area (Å²) in [5.41, 5.74) is 0. The van der Waals surface area contributed by atoms with Gasteiger partial charge in [-0.2, -0.15) is 0 Å². The maximum absolute atomic E-state index is 5.98. The maximum atomic E-state index is 5.98. The van der Waals surface area contributed by atoms with Gasteiger partial charge in [-0.15, -0.1) is 0 Å². The molecule has 2 nitrogen and oxygen atoms in total. The number of hydrogen-bond acceptors (Lipinski definition) is 3. The molecule has 94 valence electrons. The molecule has 0 aliphatic heterocycles. The summed E-state index contributed by atoms with van der Waals surface area (Å²) >= 11 is 13.4. The second-order valence-corrected chi connectivity index (χ2v) is 5.48. The molecule has 5 heteroatoms. The molecule has 0 aliphatic rings. The molecule has 1 aromatic carbocycles. The molecule has 18 heavy (non-hydrogen) atoms. The van der Waals surface area contributed by atoms with Crippen molar-refractivity contribution in [2.24, 2.45) is 0 Å². The maximum Gasteiger partial charge on any atom is 0.127 e. The number of nitrogens with zero attached hydrogens (tertiary/aromatic N) is 1. The van der Waals surface area contributed by atoms with Crippen LogP contribution < -0.4 is 5.32 Å². The summed E-state index contributed by atoms with van der Waals surface area (Å²) in [5, 5.41) is 5.23. The molecule has 1 N–H and O–H groups in total. The van der Waals surface area contributed by atoms with Gasteiger partial charge in [0.05, 0.1) is 10.0 Å². The van der Waals surface area contributed by atoms with E-state index in [2.05, 4.69) is 10.3 Å². The van der Waals surface area contributed by atoms with Crippen molar-refractivity contribution in [1.29, 1.82) is 0 Å². The van der Waals surface area contributed by atoms with Crippen LogP contribution in [0.4, 0.5) is 5.82 Å². The van der Waals surface area contributed by atoms with E-state index in [9.17, 15) is 0 Å². The minimum atomic E-state index is 0.560.